The zero-order chi connectivity index (χ0) is 15.0. The van der Waals surface area contributed by atoms with Crippen LogP contribution in [-0.2, 0) is 6.42 Å². The Morgan fingerprint density at radius 2 is 2.00 bits per heavy atom. The molecule has 0 spiro atoms. The number of halogens is 1. The third kappa shape index (κ3) is 5.91. The molecule has 0 atom stereocenters. The molecule has 0 radical (unpaired) electrons. The molecule has 0 aromatic heterocycles. The first-order valence-corrected chi connectivity index (χ1v) is 6.99. The number of urea groups is 1. The van der Waals surface area contributed by atoms with Crippen LogP contribution in [0.15, 0.2) is 18.2 Å². The predicted molar refractivity (Wildman–Crippen MR) is 77.6 cm³/mol. The number of nitrogens with one attached hydrogen (secondary N) is 2. The summed E-state index contributed by atoms with van der Waals surface area (Å²) in [4.78, 5) is 11.3. The lowest BCUT2D eigenvalue weighted by molar-refractivity contribution is 0.231. The molecule has 0 heterocycles. The number of carbonyl (C=O) groups is 1. The SMILES string of the molecule is CCCNC(=O)NCCc1ccc(OC(C)C)c(F)c1. The van der Waals surface area contributed by atoms with Crippen LogP contribution in [0.3, 0.4) is 0 Å². The molecular weight excluding hydrogens is 259 g/mol. The molecule has 2 N–H and O–H groups in total. The van der Waals surface area contributed by atoms with Crippen molar-refractivity contribution in [3.63, 3.8) is 0 Å². The van der Waals surface area contributed by atoms with Crippen molar-refractivity contribution >= 4 is 6.03 Å². The van der Waals surface area contributed by atoms with E-state index in [0.717, 1.165) is 12.0 Å². The molecule has 1 aromatic carbocycles. The van der Waals surface area contributed by atoms with Gasteiger partial charge in [-0.25, -0.2) is 9.18 Å². The molecule has 0 saturated carbocycles. The lowest BCUT2D eigenvalue weighted by Gasteiger charge is -2.11. The number of carbonyl (C=O) groups excluding carboxylic acids is 1. The second-order valence-electron chi connectivity index (χ2n) is 4.86. The van der Waals surface area contributed by atoms with E-state index >= 15 is 0 Å². The van der Waals surface area contributed by atoms with E-state index in [1.54, 1.807) is 6.07 Å². The zero-order valence-corrected chi connectivity index (χ0v) is 12.3. The molecule has 5 heteroatoms. The maximum atomic E-state index is 13.7. The summed E-state index contributed by atoms with van der Waals surface area (Å²) in [6.45, 7) is 6.82. The van der Waals surface area contributed by atoms with E-state index in [9.17, 15) is 9.18 Å². The van der Waals surface area contributed by atoms with Crippen molar-refractivity contribution in [2.45, 2.75) is 39.7 Å². The summed E-state index contributed by atoms with van der Waals surface area (Å²) in [7, 11) is 0. The summed E-state index contributed by atoms with van der Waals surface area (Å²) in [5.74, 6) is -0.107. The number of ether oxygens (including phenoxy) is 1. The first kappa shape index (κ1) is 16.3. The normalized spacial score (nSPS) is 10.4. The summed E-state index contributed by atoms with van der Waals surface area (Å²) in [6.07, 6.45) is 1.42. The zero-order valence-electron chi connectivity index (χ0n) is 12.3. The Labute approximate surface area is 119 Å². The van der Waals surface area contributed by atoms with Gasteiger partial charge in [0.25, 0.3) is 0 Å². The van der Waals surface area contributed by atoms with Crippen molar-refractivity contribution in [1.82, 2.24) is 10.6 Å². The maximum Gasteiger partial charge on any atom is 0.314 e. The first-order valence-electron chi connectivity index (χ1n) is 6.99. The van der Waals surface area contributed by atoms with Crippen LogP contribution >= 0.6 is 0 Å². The van der Waals surface area contributed by atoms with Gasteiger partial charge in [0.05, 0.1) is 6.10 Å². The molecule has 4 nitrogen and oxygen atoms in total. The van der Waals surface area contributed by atoms with E-state index in [0.29, 0.717) is 19.5 Å². The van der Waals surface area contributed by atoms with Crippen LogP contribution in [0.2, 0.25) is 0 Å². The largest absolute Gasteiger partial charge is 0.488 e. The number of benzene rings is 1. The van der Waals surface area contributed by atoms with Gasteiger partial charge in [-0.3, -0.25) is 0 Å². The monoisotopic (exact) mass is 282 g/mol. The van der Waals surface area contributed by atoms with Gasteiger partial charge in [-0.1, -0.05) is 13.0 Å². The van der Waals surface area contributed by atoms with E-state index < -0.39 is 0 Å². The summed E-state index contributed by atoms with van der Waals surface area (Å²) in [5.41, 5.74) is 0.828. The van der Waals surface area contributed by atoms with Crippen molar-refractivity contribution in [1.29, 1.82) is 0 Å². The Morgan fingerprint density at radius 1 is 1.30 bits per heavy atom. The molecule has 0 aliphatic rings. The predicted octanol–water partition coefficient (Wildman–Crippen LogP) is 2.86. The van der Waals surface area contributed by atoms with E-state index in [1.807, 2.05) is 26.8 Å². The third-order valence-electron chi connectivity index (χ3n) is 2.59. The highest BCUT2D eigenvalue weighted by atomic mass is 19.1. The molecule has 1 rings (SSSR count). The van der Waals surface area contributed by atoms with Gasteiger partial charge in [0.2, 0.25) is 0 Å². The lowest BCUT2D eigenvalue weighted by Crippen LogP contribution is -2.36. The molecule has 20 heavy (non-hydrogen) atoms. The number of hydrogen-bond donors (Lipinski definition) is 2. The standard InChI is InChI=1S/C15H23FN2O2/c1-4-8-17-15(19)18-9-7-12-5-6-14(13(16)10-12)20-11(2)3/h5-6,10-11H,4,7-9H2,1-3H3,(H2,17,18,19). The van der Waals surface area contributed by atoms with Crippen molar-refractivity contribution in [3.8, 4) is 5.75 Å². The second kappa shape index (κ2) is 8.40. The Hall–Kier alpha value is -1.78. The van der Waals surface area contributed by atoms with Gasteiger partial charge in [-0.05, 0) is 44.4 Å². The highest BCUT2D eigenvalue weighted by Crippen LogP contribution is 2.19. The van der Waals surface area contributed by atoms with Gasteiger partial charge < -0.3 is 15.4 Å². The summed E-state index contributed by atoms with van der Waals surface area (Å²) in [5, 5.41) is 5.45. The Kier molecular flexibility index (Phi) is 6.84. The van der Waals surface area contributed by atoms with Crippen molar-refractivity contribution in [3.05, 3.63) is 29.6 Å². The van der Waals surface area contributed by atoms with Gasteiger partial charge in [0.1, 0.15) is 0 Å². The van der Waals surface area contributed by atoms with Crippen LogP contribution in [0.5, 0.6) is 5.75 Å². The van der Waals surface area contributed by atoms with Crippen molar-refractivity contribution in [2.75, 3.05) is 13.1 Å². The van der Waals surface area contributed by atoms with Gasteiger partial charge in [-0.2, -0.15) is 0 Å². The average molecular weight is 282 g/mol. The molecule has 2 amide bonds. The van der Waals surface area contributed by atoms with Gasteiger partial charge in [0, 0.05) is 13.1 Å². The lowest BCUT2D eigenvalue weighted by atomic mass is 10.1. The molecule has 1 aromatic rings. The van der Waals surface area contributed by atoms with Gasteiger partial charge in [0.15, 0.2) is 11.6 Å². The topological polar surface area (TPSA) is 50.4 Å². The summed E-state index contributed by atoms with van der Waals surface area (Å²) in [6, 6.07) is 4.70. The van der Waals surface area contributed by atoms with E-state index in [1.165, 1.54) is 6.07 Å². The molecule has 0 fully saturated rings. The molecular formula is C15H23FN2O2. The van der Waals surface area contributed by atoms with Gasteiger partial charge in [-0.15, -0.1) is 0 Å². The third-order valence-corrected chi connectivity index (χ3v) is 2.59. The van der Waals surface area contributed by atoms with Crippen LogP contribution < -0.4 is 15.4 Å². The fourth-order valence-corrected chi connectivity index (χ4v) is 1.67. The highest BCUT2D eigenvalue weighted by Gasteiger charge is 2.07. The van der Waals surface area contributed by atoms with E-state index in [-0.39, 0.29) is 23.7 Å². The number of rotatable bonds is 7. The van der Waals surface area contributed by atoms with Crippen molar-refractivity contribution in [2.24, 2.45) is 0 Å². The van der Waals surface area contributed by atoms with Crippen LogP contribution in [0.1, 0.15) is 32.8 Å². The Balaban J connectivity index is 2.41. The number of hydrogen-bond acceptors (Lipinski definition) is 2. The fraction of sp³-hybridized carbons (Fsp3) is 0.533. The fourth-order valence-electron chi connectivity index (χ4n) is 1.67. The molecule has 0 saturated heterocycles. The molecule has 0 unspecified atom stereocenters. The Morgan fingerprint density at radius 3 is 2.60 bits per heavy atom. The van der Waals surface area contributed by atoms with Crippen molar-refractivity contribution < 1.29 is 13.9 Å². The maximum absolute atomic E-state index is 13.7. The molecule has 0 aliphatic carbocycles. The van der Waals surface area contributed by atoms with Crippen LogP contribution in [-0.4, -0.2) is 25.2 Å². The van der Waals surface area contributed by atoms with Crippen LogP contribution in [0.4, 0.5) is 9.18 Å². The highest BCUT2D eigenvalue weighted by molar-refractivity contribution is 5.73. The van der Waals surface area contributed by atoms with Gasteiger partial charge >= 0.3 is 6.03 Å². The molecule has 112 valence electrons. The minimum Gasteiger partial charge on any atom is -0.488 e. The smallest absolute Gasteiger partial charge is 0.314 e. The quantitative estimate of drug-likeness (QED) is 0.808. The Bertz CT molecular complexity index is 436. The van der Waals surface area contributed by atoms with E-state index in [2.05, 4.69) is 10.6 Å². The average Bonchev–Trinajstić information content (AvgIpc) is 2.39. The summed E-state index contributed by atoms with van der Waals surface area (Å²) < 4.78 is 19.1. The minimum atomic E-state index is -0.369. The summed E-state index contributed by atoms with van der Waals surface area (Å²) >= 11 is 0. The molecule has 0 aliphatic heterocycles. The second-order valence-corrected chi connectivity index (χ2v) is 4.86. The van der Waals surface area contributed by atoms with Crippen LogP contribution in [0, 0.1) is 5.82 Å². The minimum absolute atomic E-state index is 0.0562. The first-order chi connectivity index (χ1) is 9.52. The van der Waals surface area contributed by atoms with Crippen LogP contribution in [0.25, 0.3) is 0 Å². The number of amides is 2. The molecule has 0 bridgehead atoms. The van der Waals surface area contributed by atoms with E-state index in [4.69, 9.17) is 4.74 Å².